The second-order valence-corrected chi connectivity index (χ2v) is 4.20. The fraction of sp³-hybridized carbons (Fsp3) is 1.00. The third-order valence-electron chi connectivity index (χ3n) is 3.55. The molecule has 2 heteroatoms. The molecule has 0 radical (unpaired) electrons. The van der Waals surface area contributed by atoms with Gasteiger partial charge in [0.1, 0.15) is 0 Å². The van der Waals surface area contributed by atoms with Crippen LogP contribution in [0, 0.1) is 11.8 Å². The molecule has 0 amide bonds. The van der Waals surface area contributed by atoms with Crippen molar-refractivity contribution in [1.82, 2.24) is 0 Å². The third-order valence-corrected chi connectivity index (χ3v) is 3.55. The zero-order valence-corrected chi connectivity index (χ0v) is 7.88. The average molecular weight is 169 g/mol. The van der Waals surface area contributed by atoms with Gasteiger partial charge in [-0.1, -0.05) is 6.42 Å². The molecular formula is C10H19NO. The summed E-state index contributed by atoms with van der Waals surface area (Å²) in [5.41, 5.74) is 5.90. The molecule has 0 heterocycles. The average Bonchev–Trinajstić information content (AvgIpc) is 2.85. The van der Waals surface area contributed by atoms with E-state index in [4.69, 9.17) is 10.5 Å². The molecule has 2 nitrogen and oxygen atoms in total. The predicted octanol–water partition coefficient (Wildman–Crippen LogP) is 1.54. The van der Waals surface area contributed by atoms with Crippen LogP contribution in [0.4, 0.5) is 0 Å². The summed E-state index contributed by atoms with van der Waals surface area (Å²) in [6.45, 7) is 3.62. The van der Waals surface area contributed by atoms with Crippen LogP contribution >= 0.6 is 0 Å². The maximum absolute atomic E-state index is 5.85. The van der Waals surface area contributed by atoms with E-state index < -0.39 is 0 Å². The van der Waals surface area contributed by atoms with Gasteiger partial charge in [-0.3, -0.25) is 0 Å². The molecule has 0 aliphatic heterocycles. The summed E-state index contributed by atoms with van der Waals surface area (Å²) < 4.78 is 5.85. The van der Waals surface area contributed by atoms with Crippen molar-refractivity contribution < 1.29 is 4.74 Å². The second kappa shape index (κ2) is 3.00. The molecule has 2 aliphatic carbocycles. The molecule has 2 aliphatic rings. The quantitative estimate of drug-likeness (QED) is 0.695. The standard InChI is InChI=1S/C10H19NO/c1-2-12-10(7-11)5-3-4-8-6-9(8)10/h8-9H,2-7,11H2,1H3. The monoisotopic (exact) mass is 169 g/mol. The van der Waals surface area contributed by atoms with Crippen LogP contribution in [0.5, 0.6) is 0 Å². The minimum atomic E-state index is 0.0810. The number of rotatable bonds is 3. The number of ether oxygens (including phenoxy) is 1. The Morgan fingerprint density at radius 3 is 3.08 bits per heavy atom. The van der Waals surface area contributed by atoms with Gasteiger partial charge in [-0.05, 0) is 38.0 Å². The van der Waals surface area contributed by atoms with Crippen LogP contribution in [0.25, 0.3) is 0 Å². The fourth-order valence-corrected chi connectivity index (χ4v) is 2.84. The predicted molar refractivity (Wildman–Crippen MR) is 48.9 cm³/mol. The zero-order chi connectivity index (χ0) is 8.60. The molecule has 0 bridgehead atoms. The Hall–Kier alpha value is -0.0800. The smallest absolute Gasteiger partial charge is 0.0834 e. The van der Waals surface area contributed by atoms with E-state index in [0.29, 0.717) is 0 Å². The highest BCUT2D eigenvalue weighted by molar-refractivity contribution is 5.06. The van der Waals surface area contributed by atoms with Gasteiger partial charge in [0.05, 0.1) is 5.60 Å². The van der Waals surface area contributed by atoms with E-state index in [1.54, 1.807) is 0 Å². The summed E-state index contributed by atoms with van der Waals surface area (Å²) in [4.78, 5) is 0. The van der Waals surface area contributed by atoms with Gasteiger partial charge in [-0.15, -0.1) is 0 Å². The van der Waals surface area contributed by atoms with E-state index >= 15 is 0 Å². The highest BCUT2D eigenvalue weighted by atomic mass is 16.5. The third kappa shape index (κ3) is 1.17. The first kappa shape index (κ1) is 8.52. The molecule has 0 aromatic heterocycles. The van der Waals surface area contributed by atoms with Gasteiger partial charge in [0.25, 0.3) is 0 Å². The van der Waals surface area contributed by atoms with Crippen LogP contribution in [0.3, 0.4) is 0 Å². The zero-order valence-electron chi connectivity index (χ0n) is 7.88. The number of hydrogen-bond donors (Lipinski definition) is 1. The molecule has 70 valence electrons. The van der Waals surface area contributed by atoms with Gasteiger partial charge in [-0.25, -0.2) is 0 Å². The van der Waals surface area contributed by atoms with E-state index in [1.165, 1.54) is 25.7 Å². The highest BCUT2D eigenvalue weighted by Crippen LogP contribution is 2.55. The molecule has 2 fully saturated rings. The maximum Gasteiger partial charge on any atom is 0.0834 e. The Kier molecular flexibility index (Phi) is 2.13. The first-order chi connectivity index (χ1) is 5.82. The number of nitrogens with two attached hydrogens (primary N) is 1. The van der Waals surface area contributed by atoms with Crippen molar-refractivity contribution in [2.24, 2.45) is 17.6 Å². The summed E-state index contributed by atoms with van der Waals surface area (Å²) in [5.74, 6) is 1.75. The summed E-state index contributed by atoms with van der Waals surface area (Å²) >= 11 is 0. The van der Waals surface area contributed by atoms with Gasteiger partial charge in [0.2, 0.25) is 0 Å². The molecule has 12 heavy (non-hydrogen) atoms. The largest absolute Gasteiger partial charge is 0.374 e. The maximum atomic E-state index is 5.85. The van der Waals surface area contributed by atoms with Crippen molar-refractivity contribution in [3.8, 4) is 0 Å². The van der Waals surface area contributed by atoms with Crippen LogP contribution in [0.1, 0.15) is 32.6 Å². The number of fused-ring (bicyclic) bond motifs is 1. The fourth-order valence-electron chi connectivity index (χ4n) is 2.84. The van der Waals surface area contributed by atoms with Gasteiger partial charge < -0.3 is 10.5 Å². The van der Waals surface area contributed by atoms with Crippen molar-refractivity contribution in [1.29, 1.82) is 0 Å². The van der Waals surface area contributed by atoms with Crippen LogP contribution in [-0.4, -0.2) is 18.8 Å². The second-order valence-electron chi connectivity index (χ2n) is 4.20. The van der Waals surface area contributed by atoms with Crippen molar-refractivity contribution in [3.63, 3.8) is 0 Å². The lowest BCUT2D eigenvalue weighted by Gasteiger charge is -2.36. The van der Waals surface area contributed by atoms with Gasteiger partial charge in [-0.2, -0.15) is 0 Å². The topological polar surface area (TPSA) is 35.2 Å². The van der Waals surface area contributed by atoms with Crippen molar-refractivity contribution >= 4 is 0 Å². The molecule has 2 rings (SSSR count). The Morgan fingerprint density at radius 1 is 1.58 bits per heavy atom. The van der Waals surface area contributed by atoms with E-state index in [2.05, 4.69) is 6.92 Å². The van der Waals surface area contributed by atoms with Gasteiger partial charge in [0, 0.05) is 13.2 Å². The van der Waals surface area contributed by atoms with Gasteiger partial charge >= 0.3 is 0 Å². The summed E-state index contributed by atoms with van der Waals surface area (Å²) in [6.07, 6.45) is 5.30. The highest BCUT2D eigenvalue weighted by Gasteiger charge is 2.54. The lowest BCUT2D eigenvalue weighted by Crippen LogP contribution is -2.45. The Labute approximate surface area is 74.5 Å². The van der Waals surface area contributed by atoms with E-state index in [-0.39, 0.29) is 5.60 Å². The van der Waals surface area contributed by atoms with Crippen molar-refractivity contribution in [2.75, 3.05) is 13.2 Å². The Bertz CT molecular complexity index is 167. The minimum Gasteiger partial charge on any atom is -0.374 e. The van der Waals surface area contributed by atoms with Crippen LogP contribution in [-0.2, 0) is 4.74 Å². The number of hydrogen-bond acceptors (Lipinski definition) is 2. The van der Waals surface area contributed by atoms with Crippen LogP contribution in [0.15, 0.2) is 0 Å². The molecule has 3 unspecified atom stereocenters. The summed E-state index contributed by atoms with van der Waals surface area (Å²) in [6, 6.07) is 0. The molecule has 0 saturated heterocycles. The lowest BCUT2D eigenvalue weighted by molar-refractivity contribution is -0.0691. The first-order valence-electron chi connectivity index (χ1n) is 5.16. The molecule has 0 aromatic rings. The van der Waals surface area contributed by atoms with E-state index in [1.807, 2.05) is 0 Å². The van der Waals surface area contributed by atoms with Crippen LogP contribution < -0.4 is 5.73 Å². The Balaban J connectivity index is 2.04. The Morgan fingerprint density at radius 2 is 2.42 bits per heavy atom. The molecule has 0 aromatic carbocycles. The lowest BCUT2D eigenvalue weighted by atomic mass is 9.84. The summed E-state index contributed by atoms with van der Waals surface area (Å²) in [5, 5.41) is 0. The first-order valence-corrected chi connectivity index (χ1v) is 5.16. The van der Waals surface area contributed by atoms with E-state index in [0.717, 1.165) is 25.0 Å². The summed E-state index contributed by atoms with van der Waals surface area (Å²) in [7, 11) is 0. The molecule has 3 atom stereocenters. The minimum absolute atomic E-state index is 0.0810. The molecular weight excluding hydrogens is 150 g/mol. The van der Waals surface area contributed by atoms with Gasteiger partial charge in [0.15, 0.2) is 0 Å². The van der Waals surface area contributed by atoms with Crippen LogP contribution in [0.2, 0.25) is 0 Å². The molecule has 2 saturated carbocycles. The molecule has 0 spiro atoms. The normalized spacial score (nSPS) is 45.5. The molecule has 2 N–H and O–H groups in total. The SMILES string of the molecule is CCOC1(CN)CCCC2CC21. The van der Waals surface area contributed by atoms with E-state index in [9.17, 15) is 0 Å². The van der Waals surface area contributed by atoms with Crippen molar-refractivity contribution in [3.05, 3.63) is 0 Å². The van der Waals surface area contributed by atoms with Crippen molar-refractivity contribution in [2.45, 2.75) is 38.2 Å².